The molecule has 0 bridgehead atoms. The van der Waals surface area contributed by atoms with E-state index in [1.54, 1.807) is 7.11 Å². The van der Waals surface area contributed by atoms with Crippen LogP contribution in [0.5, 0.6) is 5.75 Å². The zero-order chi connectivity index (χ0) is 14.6. The van der Waals surface area contributed by atoms with Crippen molar-refractivity contribution in [3.05, 3.63) is 22.7 Å². The van der Waals surface area contributed by atoms with E-state index in [0.717, 1.165) is 22.5 Å². The van der Waals surface area contributed by atoms with Crippen LogP contribution >= 0.6 is 15.9 Å². The molecule has 1 N–H and O–H groups in total. The number of rotatable bonds is 11. The number of ether oxygens (including phenoxy) is 1. The van der Waals surface area contributed by atoms with Crippen molar-refractivity contribution in [1.82, 2.24) is 0 Å². The molecule has 114 valence electrons. The molecular weight excluding hydrogens is 314 g/mol. The summed E-state index contributed by atoms with van der Waals surface area (Å²) in [6.07, 6.45) is 10.9. The van der Waals surface area contributed by atoms with Gasteiger partial charge in [0.2, 0.25) is 0 Å². The monoisotopic (exact) mass is 341 g/mol. The second-order valence-electron chi connectivity index (χ2n) is 5.28. The van der Waals surface area contributed by atoms with Crippen LogP contribution in [0.1, 0.15) is 58.3 Å². The zero-order valence-electron chi connectivity index (χ0n) is 12.9. The third-order valence-corrected chi connectivity index (χ3v) is 3.92. The molecule has 1 aromatic rings. The van der Waals surface area contributed by atoms with Gasteiger partial charge in [-0.3, -0.25) is 0 Å². The number of anilines is 1. The van der Waals surface area contributed by atoms with Gasteiger partial charge in [-0.05, 0) is 18.6 Å². The maximum Gasteiger partial charge on any atom is 0.122 e. The van der Waals surface area contributed by atoms with Gasteiger partial charge < -0.3 is 10.1 Å². The first-order valence-electron chi connectivity index (χ1n) is 7.84. The standard InChI is InChI=1S/C17H28BrNO/c1-3-4-5-6-7-8-9-10-11-19-16-12-15(18)13-17(14-16)20-2/h12-14,19H,3-11H2,1-2H3. The van der Waals surface area contributed by atoms with Gasteiger partial charge in [-0.25, -0.2) is 0 Å². The first-order valence-corrected chi connectivity index (χ1v) is 8.64. The van der Waals surface area contributed by atoms with Crippen LogP contribution in [0.3, 0.4) is 0 Å². The van der Waals surface area contributed by atoms with Gasteiger partial charge in [0.1, 0.15) is 5.75 Å². The average molecular weight is 342 g/mol. The van der Waals surface area contributed by atoms with Gasteiger partial charge >= 0.3 is 0 Å². The van der Waals surface area contributed by atoms with E-state index in [0.29, 0.717) is 0 Å². The van der Waals surface area contributed by atoms with Crippen molar-refractivity contribution in [2.24, 2.45) is 0 Å². The molecule has 0 spiro atoms. The molecule has 1 aromatic carbocycles. The van der Waals surface area contributed by atoms with Gasteiger partial charge in [0, 0.05) is 22.8 Å². The maximum atomic E-state index is 5.26. The van der Waals surface area contributed by atoms with Crippen molar-refractivity contribution in [2.45, 2.75) is 58.3 Å². The minimum absolute atomic E-state index is 0.887. The highest BCUT2D eigenvalue weighted by atomic mass is 79.9. The molecule has 2 nitrogen and oxygen atoms in total. The molecule has 1 rings (SSSR count). The first kappa shape index (κ1) is 17.4. The van der Waals surface area contributed by atoms with Crippen molar-refractivity contribution >= 4 is 21.6 Å². The number of unbranched alkanes of at least 4 members (excludes halogenated alkanes) is 7. The summed E-state index contributed by atoms with van der Waals surface area (Å²) in [7, 11) is 1.70. The second-order valence-corrected chi connectivity index (χ2v) is 6.20. The Hall–Kier alpha value is -0.700. The van der Waals surface area contributed by atoms with Crippen LogP contribution in [0.15, 0.2) is 22.7 Å². The summed E-state index contributed by atoms with van der Waals surface area (Å²) in [5, 5.41) is 3.46. The van der Waals surface area contributed by atoms with E-state index >= 15 is 0 Å². The van der Waals surface area contributed by atoms with Crippen molar-refractivity contribution in [3.8, 4) is 5.75 Å². The Kier molecular flexibility index (Phi) is 9.56. The minimum Gasteiger partial charge on any atom is -0.497 e. The quantitative estimate of drug-likeness (QED) is 0.497. The Morgan fingerprint density at radius 3 is 2.25 bits per heavy atom. The number of nitrogens with one attached hydrogen (secondary N) is 1. The van der Waals surface area contributed by atoms with E-state index < -0.39 is 0 Å². The average Bonchev–Trinajstić information content (AvgIpc) is 2.45. The molecule has 0 heterocycles. The SMILES string of the molecule is CCCCCCCCCCNc1cc(Br)cc(OC)c1. The fraction of sp³-hybridized carbons (Fsp3) is 0.647. The van der Waals surface area contributed by atoms with Crippen LogP contribution in [0, 0.1) is 0 Å². The van der Waals surface area contributed by atoms with E-state index in [2.05, 4.69) is 34.2 Å². The van der Waals surface area contributed by atoms with Gasteiger partial charge in [0.25, 0.3) is 0 Å². The van der Waals surface area contributed by atoms with Crippen molar-refractivity contribution in [1.29, 1.82) is 0 Å². The molecule has 0 aliphatic carbocycles. The van der Waals surface area contributed by atoms with Gasteiger partial charge in [0.15, 0.2) is 0 Å². The summed E-state index contributed by atoms with van der Waals surface area (Å²) in [6.45, 7) is 3.30. The van der Waals surface area contributed by atoms with Crippen LogP contribution in [0.25, 0.3) is 0 Å². The lowest BCUT2D eigenvalue weighted by Crippen LogP contribution is -2.01. The smallest absolute Gasteiger partial charge is 0.122 e. The highest BCUT2D eigenvalue weighted by Gasteiger charge is 1.99. The summed E-state index contributed by atoms with van der Waals surface area (Å²) in [5.41, 5.74) is 1.12. The molecule has 0 radical (unpaired) electrons. The third-order valence-electron chi connectivity index (χ3n) is 3.47. The molecule has 0 atom stereocenters. The zero-order valence-corrected chi connectivity index (χ0v) is 14.5. The predicted molar refractivity (Wildman–Crippen MR) is 91.8 cm³/mol. The highest BCUT2D eigenvalue weighted by Crippen LogP contribution is 2.24. The highest BCUT2D eigenvalue weighted by molar-refractivity contribution is 9.10. The Morgan fingerprint density at radius 2 is 1.60 bits per heavy atom. The molecule has 0 aromatic heterocycles. The van der Waals surface area contributed by atoms with Crippen LogP contribution in [0.2, 0.25) is 0 Å². The van der Waals surface area contributed by atoms with Gasteiger partial charge in [-0.2, -0.15) is 0 Å². The lowest BCUT2D eigenvalue weighted by atomic mass is 10.1. The third kappa shape index (κ3) is 7.78. The molecule has 20 heavy (non-hydrogen) atoms. The summed E-state index contributed by atoms with van der Waals surface area (Å²) in [5.74, 6) is 0.887. The Labute approximate surface area is 132 Å². The number of halogens is 1. The minimum atomic E-state index is 0.887. The largest absolute Gasteiger partial charge is 0.497 e. The molecule has 0 saturated heterocycles. The Morgan fingerprint density at radius 1 is 0.950 bits per heavy atom. The molecular formula is C17H28BrNO. The Balaban J connectivity index is 2.08. The normalized spacial score (nSPS) is 10.6. The molecule has 3 heteroatoms. The number of hydrogen-bond acceptors (Lipinski definition) is 2. The van der Waals surface area contributed by atoms with E-state index in [1.807, 2.05) is 12.1 Å². The first-order chi connectivity index (χ1) is 9.76. The molecule has 0 amide bonds. The van der Waals surface area contributed by atoms with Crippen LogP contribution in [-0.2, 0) is 0 Å². The lowest BCUT2D eigenvalue weighted by Gasteiger charge is -2.09. The number of hydrogen-bond donors (Lipinski definition) is 1. The van der Waals surface area contributed by atoms with Crippen LogP contribution in [-0.4, -0.2) is 13.7 Å². The fourth-order valence-electron chi connectivity index (χ4n) is 2.27. The van der Waals surface area contributed by atoms with Crippen molar-refractivity contribution in [3.63, 3.8) is 0 Å². The topological polar surface area (TPSA) is 21.3 Å². The summed E-state index contributed by atoms with van der Waals surface area (Å²) in [4.78, 5) is 0. The van der Waals surface area contributed by atoms with Gasteiger partial charge in [-0.1, -0.05) is 67.8 Å². The molecule has 0 unspecified atom stereocenters. The number of methoxy groups -OCH3 is 1. The molecule has 0 aliphatic heterocycles. The Bertz CT molecular complexity index is 368. The fourth-order valence-corrected chi connectivity index (χ4v) is 2.75. The van der Waals surface area contributed by atoms with Gasteiger partial charge in [0.05, 0.1) is 7.11 Å². The van der Waals surface area contributed by atoms with E-state index in [4.69, 9.17) is 4.74 Å². The summed E-state index contributed by atoms with van der Waals surface area (Å²) >= 11 is 3.50. The lowest BCUT2D eigenvalue weighted by molar-refractivity contribution is 0.414. The van der Waals surface area contributed by atoms with E-state index in [9.17, 15) is 0 Å². The van der Waals surface area contributed by atoms with Crippen LogP contribution in [0.4, 0.5) is 5.69 Å². The van der Waals surface area contributed by atoms with E-state index in [-0.39, 0.29) is 0 Å². The molecule has 0 saturated carbocycles. The van der Waals surface area contributed by atoms with Gasteiger partial charge in [-0.15, -0.1) is 0 Å². The molecule has 0 fully saturated rings. The van der Waals surface area contributed by atoms with Crippen molar-refractivity contribution in [2.75, 3.05) is 19.0 Å². The summed E-state index contributed by atoms with van der Waals surface area (Å²) < 4.78 is 6.31. The van der Waals surface area contributed by atoms with E-state index in [1.165, 1.54) is 51.4 Å². The second kappa shape index (κ2) is 11.0. The molecule has 0 aliphatic rings. The van der Waals surface area contributed by atoms with Crippen LogP contribution < -0.4 is 10.1 Å². The maximum absolute atomic E-state index is 5.26. The summed E-state index contributed by atoms with van der Waals surface area (Å²) in [6, 6.07) is 6.10. The predicted octanol–water partition coefficient (Wildman–Crippen LogP) is 6.01. The number of benzene rings is 1. The van der Waals surface area contributed by atoms with Crippen molar-refractivity contribution < 1.29 is 4.74 Å².